The number of nitrogens with one attached hydrogen (secondary N) is 1. The molecule has 22 heavy (non-hydrogen) atoms. The SMILES string of the molecule is Cc1ccc(CN(C)C)cc1NCc1ccc([S@@](C)=O)cc1. The highest BCUT2D eigenvalue weighted by molar-refractivity contribution is 7.84. The molecule has 0 unspecified atom stereocenters. The van der Waals surface area contributed by atoms with Gasteiger partial charge in [-0.25, -0.2) is 0 Å². The minimum Gasteiger partial charge on any atom is -0.381 e. The van der Waals surface area contributed by atoms with Crippen molar-refractivity contribution in [2.24, 2.45) is 0 Å². The van der Waals surface area contributed by atoms with Gasteiger partial charge in [0, 0.05) is 40.7 Å². The lowest BCUT2D eigenvalue weighted by atomic mass is 10.1. The molecule has 0 aromatic heterocycles. The van der Waals surface area contributed by atoms with Gasteiger partial charge in [0.05, 0.1) is 0 Å². The second kappa shape index (κ2) is 7.56. The Morgan fingerprint density at radius 3 is 2.27 bits per heavy atom. The van der Waals surface area contributed by atoms with Crippen molar-refractivity contribution in [1.82, 2.24) is 4.90 Å². The first-order chi connectivity index (χ1) is 10.5. The van der Waals surface area contributed by atoms with Crippen molar-refractivity contribution in [3.63, 3.8) is 0 Å². The fraction of sp³-hybridized carbons (Fsp3) is 0.333. The van der Waals surface area contributed by atoms with Crippen molar-refractivity contribution in [1.29, 1.82) is 0 Å². The van der Waals surface area contributed by atoms with E-state index in [0.717, 1.165) is 18.0 Å². The summed E-state index contributed by atoms with van der Waals surface area (Å²) in [5.74, 6) is 0. The van der Waals surface area contributed by atoms with Crippen molar-refractivity contribution in [2.75, 3.05) is 25.7 Å². The molecule has 0 bridgehead atoms. The van der Waals surface area contributed by atoms with Crippen LogP contribution >= 0.6 is 0 Å². The molecule has 0 radical (unpaired) electrons. The molecule has 0 heterocycles. The molecule has 3 nitrogen and oxygen atoms in total. The summed E-state index contributed by atoms with van der Waals surface area (Å²) in [5.41, 5.74) is 4.90. The molecule has 0 fully saturated rings. The fourth-order valence-electron chi connectivity index (χ4n) is 2.32. The van der Waals surface area contributed by atoms with Crippen LogP contribution in [-0.2, 0) is 23.9 Å². The van der Waals surface area contributed by atoms with Crippen LogP contribution in [0.4, 0.5) is 5.69 Å². The summed E-state index contributed by atoms with van der Waals surface area (Å²) in [4.78, 5) is 3.03. The third-order valence-corrected chi connectivity index (χ3v) is 4.48. The zero-order chi connectivity index (χ0) is 16.1. The van der Waals surface area contributed by atoms with E-state index in [1.165, 1.54) is 22.4 Å². The summed E-state index contributed by atoms with van der Waals surface area (Å²) in [6.45, 7) is 3.82. The zero-order valence-electron chi connectivity index (χ0n) is 13.7. The van der Waals surface area contributed by atoms with Crippen molar-refractivity contribution in [3.05, 3.63) is 59.2 Å². The number of hydrogen-bond donors (Lipinski definition) is 1. The first-order valence-electron chi connectivity index (χ1n) is 7.36. The average Bonchev–Trinajstić information content (AvgIpc) is 2.47. The zero-order valence-corrected chi connectivity index (χ0v) is 14.5. The smallest absolute Gasteiger partial charge is 0.0498 e. The summed E-state index contributed by atoms with van der Waals surface area (Å²) in [6, 6.07) is 14.5. The highest BCUT2D eigenvalue weighted by Crippen LogP contribution is 2.19. The minimum atomic E-state index is -0.915. The van der Waals surface area contributed by atoms with Gasteiger partial charge in [-0.2, -0.15) is 0 Å². The lowest BCUT2D eigenvalue weighted by molar-refractivity contribution is 0.402. The molecule has 1 atom stereocenters. The van der Waals surface area contributed by atoms with Gasteiger partial charge in [0.1, 0.15) is 0 Å². The Bertz CT molecular complexity index is 651. The highest BCUT2D eigenvalue weighted by Gasteiger charge is 2.03. The van der Waals surface area contributed by atoms with Gasteiger partial charge in [-0.15, -0.1) is 0 Å². The van der Waals surface area contributed by atoms with E-state index in [1.54, 1.807) is 6.26 Å². The lowest BCUT2D eigenvalue weighted by Gasteiger charge is -2.14. The van der Waals surface area contributed by atoms with Crippen LogP contribution in [0.5, 0.6) is 0 Å². The lowest BCUT2D eigenvalue weighted by Crippen LogP contribution is -2.11. The molecule has 2 aromatic carbocycles. The van der Waals surface area contributed by atoms with Gasteiger partial charge >= 0.3 is 0 Å². The Morgan fingerprint density at radius 1 is 1.05 bits per heavy atom. The Morgan fingerprint density at radius 2 is 1.68 bits per heavy atom. The Balaban J connectivity index is 2.05. The van der Waals surface area contributed by atoms with E-state index in [-0.39, 0.29) is 0 Å². The Kier molecular flexibility index (Phi) is 5.75. The summed E-state index contributed by atoms with van der Waals surface area (Å²) >= 11 is 0. The Labute approximate surface area is 135 Å². The van der Waals surface area contributed by atoms with Crippen LogP contribution in [0.25, 0.3) is 0 Å². The molecule has 0 amide bonds. The van der Waals surface area contributed by atoms with Gasteiger partial charge in [-0.05, 0) is 55.9 Å². The molecule has 0 spiro atoms. The van der Waals surface area contributed by atoms with Gasteiger partial charge in [-0.3, -0.25) is 4.21 Å². The van der Waals surface area contributed by atoms with Gasteiger partial charge in [0.15, 0.2) is 0 Å². The summed E-state index contributed by atoms with van der Waals surface area (Å²) < 4.78 is 11.4. The van der Waals surface area contributed by atoms with E-state index in [0.29, 0.717) is 0 Å². The molecule has 0 aliphatic rings. The topological polar surface area (TPSA) is 32.3 Å². The van der Waals surface area contributed by atoms with Crippen LogP contribution in [0.15, 0.2) is 47.4 Å². The van der Waals surface area contributed by atoms with E-state index < -0.39 is 10.8 Å². The summed E-state index contributed by atoms with van der Waals surface area (Å²) in [7, 11) is 3.24. The van der Waals surface area contributed by atoms with E-state index in [9.17, 15) is 4.21 Å². The molecular formula is C18H24N2OS. The first-order valence-corrected chi connectivity index (χ1v) is 8.92. The van der Waals surface area contributed by atoms with E-state index in [1.807, 2.05) is 24.3 Å². The quantitative estimate of drug-likeness (QED) is 0.886. The third kappa shape index (κ3) is 4.68. The molecule has 0 aliphatic carbocycles. The normalized spacial score (nSPS) is 12.4. The minimum absolute atomic E-state index is 0.767. The van der Waals surface area contributed by atoms with Crippen LogP contribution in [0, 0.1) is 6.92 Å². The van der Waals surface area contributed by atoms with Crippen LogP contribution in [-0.4, -0.2) is 29.5 Å². The molecule has 0 saturated heterocycles. The molecule has 1 N–H and O–H groups in total. The van der Waals surface area contributed by atoms with Gasteiger partial charge in [-0.1, -0.05) is 24.3 Å². The predicted octanol–water partition coefficient (Wildman–Crippen LogP) is 3.41. The standard InChI is InChI=1S/C18H24N2OS/c1-14-5-6-16(13-20(2)3)11-18(14)19-12-15-7-9-17(10-8-15)22(4)21/h5-11,19H,12-13H2,1-4H3/t22-/m1/s1. The second-order valence-corrected chi connectivity index (χ2v) is 7.22. The third-order valence-electron chi connectivity index (χ3n) is 3.54. The Hall–Kier alpha value is -1.65. The monoisotopic (exact) mass is 316 g/mol. The van der Waals surface area contributed by atoms with E-state index >= 15 is 0 Å². The first kappa shape index (κ1) is 16.7. The van der Waals surface area contributed by atoms with Crippen LogP contribution in [0.3, 0.4) is 0 Å². The van der Waals surface area contributed by atoms with Crippen molar-refractivity contribution in [2.45, 2.75) is 24.9 Å². The van der Waals surface area contributed by atoms with Gasteiger partial charge in [0.2, 0.25) is 0 Å². The fourth-order valence-corrected chi connectivity index (χ4v) is 2.84. The predicted molar refractivity (Wildman–Crippen MR) is 94.7 cm³/mol. The number of rotatable bonds is 6. The van der Waals surface area contributed by atoms with E-state index in [4.69, 9.17) is 0 Å². The van der Waals surface area contributed by atoms with Crippen molar-refractivity contribution >= 4 is 16.5 Å². The average molecular weight is 316 g/mol. The van der Waals surface area contributed by atoms with Crippen molar-refractivity contribution < 1.29 is 4.21 Å². The van der Waals surface area contributed by atoms with E-state index in [2.05, 4.69) is 49.4 Å². The van der Waals surface area contributed by atoms with Gasteiger partial charge in [0.25, 0.3) is 0 Å². The second-order valence-electron chi connectivity index (χ2n) is 5.84. The number of benzene rings is 2. The maximum absolute atomic E-state index is 11.4. The number of nitrogens with zero attached hydrogens (tertiary/aromatic N) is 1. The summed E-state index contributed by atoms with van der Waals surface area (Å²) in [5, 5.41) is 3.50. The number of anilines is 1. The molecule has 0 aliphatic heterocycles. The number of hydrogen-bond acceptors (Lipinski definition) is 3. The maximum Gasteiger partial charge on any atom is 0.0498 e. The van der Waals surface area contributed by atoms with Crippen LogP contribution in [0.2, 0.25) is 0 Å². The molecule has 2 aromatic rings. The van der Waals surface area contributed by atoms with Gasteiger partial charge < -0.3 is 10.2 Å². The molecule has 0 saturated carbocycles. The van der Waals surface area contributed by atoms with Crippen LogP contribution < -0.4 is 5.32 Å². The molecule has 118 valence electrons. The number of aryl methyl sites for hydroxylation is 1. The molecule has 4 heteroatoms. The summed E-state index contributed by atoms with van der Waals surface area (Å²) in [6.07, 6.45) is 1.70. The largest absolute Gasteiger partial charge is 0.381 e. The van der Waals surface area contributed by atoms with Crippen molar-refractivity contribution in [3.8, 4) is 0 Å². The maximum atomic E-state index is 11.4. The highest BCUT2D eigenvalue weighted by atomic mass is 32.2. The molecular weight excluding hydrogens is 292 g/mol. The van der Waals surface area contributed by atoms with Crippen LogP contribution in [0.1, 0.15) is 16.7 Å². The molecule has 2 rings (SSSR count).